The highest BCUT2D eigenvalue weighted by Gasteiger charge is 2.17. The van der Waals surface area contributed by atoms with Crippen molar-refractivity contribution in [3.05, 3.63) is 12.4 Å². The van der Waals surface area contributed by atoms with Gasteiger partial charge >= 0.3 is 0 Å². The number of piperidine rings is 1. The van der Waals surface area contributed by atoms with Crippen LogP contribution in [-0.2, 0) is 0 Å². The summed E-state index contributed by atoms with van der Waals surface area (Å²) in [5.41, 5.74) is 1.33. The Hall–Kier alpha value is -1.03. The lowest BCUT2D eigenvalue weighted by atomic mass is 10.1. The van der Waals surface area contributed by atoms with Gasteiger partial charge in [-0.05, 0) is 38.8 Å². The molecular formula is C14H24N4. The molecule has 4 nitrogen and oxygen atoms in total. The molecule has 0 amide bonds. The van der Waals surface area contributed by atoms with Crippen molar-refractivity contribution in [3.8, 4) is 0 Å². The van der Waals surface area contributed by atoms with E-state index in [1.54, 1.807) is 0 Å². The lowest BCUT2D eigenvalue weighted by molar-refractivity contribution is 0.343. The summed E-state index contributed by atoms with van der Waals surface area (Å²) in [5.74, 6) is 0. The average molecular weight is 248 g/mol. The molecule has 1 aromatic rings. The molecule has 1 N–H and O–H groups in total. The van der Waals surface area contributed by atoms with Crippen LogP contribution in [0.2, 0.25) is 0 Å². The van der Waals surface area contributed by atoms with E-state index in [9.17, 15) is 0 Å². The van der Waals surface area contributed by atoms with Crippen molar-refractivity contribution in [1.82, 2.24) is 15.1 Å². The van der Waals surface area contributed by atoms with Crippen LogP contribution in [-0.4, -0.2) is 36.0 Å². The van der Waals surface area contributed by atoms with Crippen molar-refractivity contribution in [2.75, 3.05) is 31.1 Å². The van der Waals surface area contributed by atoms with E-state index in [2.05, 4.69) is 32.4 Å². The molecule has 4 heteroatoms. The molecular weight excluding hydrogens is 224 g/mol. The van der Waals surface area contributed by atoms with Crippen LogP contribution in [0.3, 0.4) is 0 Å². The third-order valence-corrected chi connectivity index (χ3v) is 4.24. The maximum Gasteiger partial charge on any atom is 0.0752 e. The molecule has 0 atom stereocenters. The quantitative estimate of drug-likeness (QED) is 0.871. The Morgan fingerprint density at radius 1 is 1.06 bits per heavy atom. The molecule has 0 bridgehead atoms. The average Bonchev–Trinajstić information content (AvgIpc) is 2.76. The highest BCUT2D eigenvalue weighted by Crippen LogP contribution is 2.23. The van der Waals surface area contributed by atoms with Gasteiger partial charge in [0.1, 0.15) is 0 Å². The number of hydrogen-bond donors (Lipinski definition) is 1. The fraction of sp³-hybridized carbons (Fsp3) is 0.786. The number of nitrogens with zero attached hydrogens (tertiary/aromatic N) is 3. The molecule has 3 rings (SSSR count). The summed E-state index contributed by atoms with van der Waals surface area (Å²) >= 11 is 0. The fourth-order valence-electron chi connectivity index (χ4n) is 3.09. The Morgan fingerprint density at radius 3 is 2.50 bits per heavy atom. The van der Waals surface area contributed by atoms with Crippen LogP contribution in [0.25, 0.3) is 0 Å². The second-order valence-corrected chi connectivity index (χ2v) is 5.56. The Balaban J connectivity index is 1.67. The van der Waals surface area contributed by atoms with Gasteiger partial charge in [-0.3, -0.25) is 4.68 Å². The van der Waals surface area contributed by atoms with E-state index in [0.717, 1.165) is 13.1 Å². The van der Waals surface area contributed by atoms with Gasteiger partial charge in [-0.2, -0.15) is 5.10 Å². The number of nitrogens with one attached hydrogen (secondary N) is 1. The summed E-state index contributed by atoms with van der Waals surface area (Å²) in [5, 5.41) is 8.00. The lowest BCUT2D eigenvalue weighted by Gasteiger charge is -2.23. The summed E-state index contributed by atoms with van der Waals surface area (Å²) in [6.45, 7) is 4.67. The van der Waals surface area contributed by atoms with Gasteiger partial charge in [0, 0.05) is 19.3 Å². The van der Waals surface area contributed by atoms with Gasteiger partial charge in [0.2, 0.25) is 0 Å². The van der Waals surface area contributed by atoms with E-state index in [1.165, 1.54) is 57.3 Å². The largest absolute Gasteiger partial charge is 0.369 e. The molecule has 2 fully saturated rings. The molecule has 0 spiro atoms. The van der Waals surface area contributed by atoms with Gasteiger partial charge in [-0.15, -0.1) is 0 Å². The topological polar surface area (TPSA) is 33.1 Å². The zero-order chi connectivity index (χ0) is 12.2. The van der Waals surface area contributed by atoms with Crippen molar-refractivity contribution in [2.24, 2.45) is 0 Å². The number of anilines is 1. The zero-order valence-corrected chi connectivity index (χ0v) is 11.1. The van der Waals surface area contributed by atoms with Crippen molar-refractivity contribution in [1.29, 1.82) is 0 Å². The summed E-state index contributed by atoms with van der Waals surface area (Å²) in [6.07, 6.45) is 12.2. The SMILES string of the molecule is c1nn(C2CCNCC2)cc1N1CCCCCC1. The van der Waals surface area contributed by atoms with Crippen molar-refractivity contribution >= 4 is 5.69 Å². The van der Waals surface area contributed by atoms with Gasteiger partial charge in [0.15, 0.2) is 0 Å². The molecule has 0 unspecified atom stereocenters. The molecule has 0 aromatic carbocycles. The second kappa shape index (κ2) is 5.74. The second-order valence-electron chi connectivity index (χ2n) is 5.56. The maximum atomic E-state index is 4.59. The van der Waals surface area contributed by atoms with E-state index >= 15 is 0 Å². The van der Waals surface area contributed by atoms with Crippen molar-refractivity contribution in [2.45, 2.75) is 44.6 Å². The van der Waals surface area contributed by atoms with Gasteiger partial charge in [-0.25, -0.2) is 0 Å². The minimum atomic E-state index is 0.604. The first kappa shape index (κ1) is 12.0. The Kier molecular flexibility index (Phi) is 3.84. The molecule has 3 heterocycles. The molecule has 2 aliphatic heterocycles. The molecule has 18 heavy (non-hydrogen) atoms. The number of rotatable bonds is 2. The van der Waals surface area contributed by atoms with Gasteiger partial charge < -0.3 is 10.2 Å². The molecule has 2 saturated heterocycles. The van der Waals surface area contributed by atoms with E-state index in [-0.39, 0.29) is 0 Å². The van der Waals surface area contributed by atoms with E-state index in [4.69, 9.17) is 0 Å². The minimum absolute atomic E-state index is 0.604. The first-order valence-corrected chi connectivity index (χ1v) is 7.43. The van der Waals surface area contributed by atoms with Gasteiger partial charge in [0.25, 0.3) is 0 Å². The van der Waals surface area contributed by atoms with Crippen LogP contribution in [0.5, 0.6) is 0 Å². The summed E-state index contributed by atoms with van der Waals surface area (Å²) in [6, 6.07) is 0.604. The molecule has 2 aliphatic rings. The van der Waals surface area contributed by atoms with Crippen LogP contribution < -0.4 is 10.2 Å². The van der Waals surface area contributed by atoms with Crippen LogP contribution >= 0.6 is 0 Å². The van der Waals surface area contributed by atoms with Crippen molar-refractivity contribution in [3.63, 3.8) is 0 Å². The van der Waals surface area contributed by atoms with Crippen molar-refractivity contribution < 1.29 is 0 Å². The first-order chi connectivity index (χ1) is 8.93. The first-order valence-electron chi connectivity index (χ1n) is 7.43. The van der Waals surface area contributed by atoms with Crippen LogP contribution in [0, 0.1) is 0 Å². The molecule has 1 aromatic heterocycles. The summed E-state index contributed by atoms with van der Waals surface area (Å²) in [4.78, 5) is 2.51. The number of aromatic nitrogens is 2. The smallest absolute Gasteiger partial charge is 0.0752 e. The molecule has 0 aliphatic carbocycles. The van der Waals surface area contributed by atoms with Crippen LogP contribution in [0.1, 0.15) is 44.6 Å². The molecule has 0 radical (unpaired) electrons. The predicted octanol–water partition coefficient (Wildman–Crippen LogP) is 2.19. The Morgan fingerprint density at radius 2 is 1.78 bits per heavy atom. The van der Waals surface area contributed by atoms with E-state index in [1.807, 2.05) is 0 Å². The van der Waals surface area contributed by atoms with Crippen LogP contribution in [0.15, 0.2) is 12.4 Å². The third-order valence-electron chi connectivity index (χ3n) is 4.24. The normalized spacial score (nSPS) is 23.0. The summed E-state index contributed by atoms with van der Waals surface area (Å²) < 4.78 is 2.20. The van der Waals surface area contributed by atoms with E-state index < -0.39 is 0 Å². The monoisotopic (exact) mass is 248 g/mol. The third kappa shape index (κ3) is 2.69. The molecule has 100 valence electrons. The van der Waals surface area contributed by atoms with Crippen LogP contribution in [0.4, 0.5) is 5.69 Å². The van der Waals surface area contributed by atoms with Gasteiger partial charge in [-0.1, -0.05) is 12.8 Å². The molecule has 0 saturated carbocycles. The highest BCUT2D eigenvalue weighted by atomic mass is 15.3. The maximum absolute atomic E-state index is 4.59. The van der Waals surface area contributed by atoms with Gasteiger partial charge in [0.05, 0.1) is 17.9 Å². The Bertz CT molecular complexity index is 360. The zero-order valence-electron chi connectivity index (χ0n) is 11.1. The summed E-state index contributed by atoms with van der Waals surface area (Å²) in [7, 11) is 0. The van der Waals surface area contributed by atoms with E-state index in [0.29, 0.717) is 6.04 Å². The highest BCUT2D eigenvalue weighted by molar-refractivity contribution is 5.42. The fourth-order valence-corrected chi connectivity index (χ4v) is 3.09. The lowest BCUT2D eigenvalue weighted by Crippen LogP contribution is -2.29. The standard InChI is InChI=1S/C14H24N4/c1-2-4-10-17(9-3-1)14-11-16-18(12-14)13-5-7-15-8-6-13/h11-13,15H,1-10H2. The number of hydrogen-bond acceptors (Lipinski definition) is 3. The predicted molar refractivity (Wildman–Crippen MR) is 74.0 cm³/mol. The minimum Gasteiger partial charge on any atom is -0.369 e. The Labute approximate surface area is 109 Å².